The lowest BCUT2D eigenvalue weighted by molar-refractivity contribution is -0.128. The van der Waals surface area contributed by atoms with Crippen LogP contribution in [0.2, 0.25) is 10.0 Å². The molecule has 5 nitrogen and oxygen atoms in total. The number of anilines is 1. The Morgan fingerprint density at radius 2 is 1.93 bits per heavy atom. The number of benzene rings is 2. The maximum Gasteiger partial charge on any atom is 0.238 e. The lowest BCUT2D eigenvalue weighted by atomic mass is 10.2. The molecule has 27 heavy (non-hydrogen) atoms. The molecular weight excluding hydrogens is 473 g/mol. The number of hydrogen-bond donors (Lipinski definition) is 1. The summed E-state index contributed by atoms with van der Waals surface area (Å²) in [6.45, 7) is 0. The number of rotatable bonds is 3. The quantitative estimate of drug-likeness (QED) is 0.636. The average Bonchev–Trinajstić information content (AvgIpc) is 2.63. The van der Waals surface area contributed by atoms with E-state index in [1.807, 2.05) is 24.3 Å². The predicted octanol–water partition coefficient (Wildman–Crippen LogP) is 5.35. The molecule has 140 valence electrons. The van der Waals surface area contributed by atoms with Gasteiger partial charge in [0, 0.05) is 23.6 Å². The summed E-state index contributed by atoms with van der Waals surface area (Å²) in [6.07, 6.45) is 0.0910. The molecule has 0 bridgehead atoms. The van der Waals surface area contributed by atoms with Crippen LogP contribution in [0.5, 0.6) is 0 Å². The molecule has 1 heterocycles. The largest absolute Gasteiger partial charge is 0.325 e. The van der Waals surface area contributed by atoms with Crippen molar-refractivity contribution >= 4 is 79.3 Å². The van der Waals surface area contributed by atoms with Gasteiger partial charge < -0.3 is 5.32 Å². The number of thioether (sulfide) groups is 1. The van der Waals surface area contributed by atoms with E-state index >= 15 is 0 Å². The van der Waals surface area contributed by atoms with E-state index in [0.717, 1.165) is 4.47 Å². The van der Waals surface area contributed by atoms with Crippen molar-refractivity contribution in [3.63, 3.8) is 0 Å². The van der Waals surface area contributed by atoms with Gasteiger partial charge >= 0.3 is 0 Å². The summed E-state index contributed by atoms with van der Waals surface area (Å²) in [6, 6.07) is 12.2. The van der Waals surface area contributed by atoms with Crippen molar-refractivity contribution in [1.82, 2.24) is 4.90 Å². The highest BCUT2D eigenvalue weighted by Gasteiger charge is 2.34. The van der Waals surface area contributed by atoms with Crippen LogP contribution in [0.25, 0.3) is 0 Å². The second-order valence-electron chi connectivity index (χ2n) is 5.75. The van der Waals surface area contributed by atoms with Crippen LogP contribution in [0.4, 0.5) is 11.4 Å². The summed E-state index contributed by atoms with van der Waals surface area (Å²) in [5, 5.41) is 3.41. The average molecular weight is 487 g/mol. The summed E-state index contributed by atoms with van der Waals surface area (Å²) in [5.41, 5.74) is 1.22. The molecule has 1 N–H and O–H groups in total. The van der Waals surface area contributed by atoms with Crippen molar-refractivity contribution in [3.8, 4) is 0 Å². The molecule has 1 saturated heterocycles. The summed E-state index contributed by atoms with van der Waals surface area (Å²) >= 11 is 16.5. The molecule has 1 aliphatic rings. The van der Waals surface area contributed by atoms with Gasteiger partial charge in [-0.05, 0) is 42.5 Å². The molecule has 1 atom stereocenters. The Hall–Kier alpha value is -1.54. The molecule has 0 aliphatic carbocycles. The maximum absolute atomic E-state index is 12.6. The van der Waals surface area contributed by atoms with Crippen LogP contribution < -0.4 is 5.32 Å². The fraction of sp³-hybridized carbons (Fsp3) is 0.167. The number of amides is 2. The SMILES string of the molecule is CN1C(=O)CC(C(=O)Nc2ccc(Cl)c(Cl)c2)SC1=Nc1ccc(Br)cc1. The first-order valence-electron chi connectivity index (χ1n) is 7.87. The summed E-state index contributed by atoms with van der Waals surface area (Å²) in [4.78, 5) is 30.9. The van der Waals surface area contributed by atoms with Crippen LogP contribution in [0, 0.1) is 0 Å². The van der Waals surface area contributed by atoms with Crippen LogP contribution >= 0.6 is 50.9 Å². The zero-order valence-corrected chi connectivity index (χ0v) is 18.0. The van der Waals surface area contributed by atoms with Crippen molar-refractivity contribution in [2.24, 2.45) is 4.99 Å². The van der Waals surface area contributed by atoms with Crippen LogP contribution in [0.3, 0.4) is 0 Å². The van der Waals surface area contributed by atoms with Gasteiger partial charge in [0.05, 0.1) is 15.7 Å². The third-order valence-electron chi connectivity index (χ3n) is 3.80. The Labute approximate surface area is 179 Å². The van der Waals surface area contributed by atoms with Gasteiger partial charge in [0.2, 0.25) is 11.8 Å². The summed E-state index contributed by atoms with van der Waals surface area (Å²) in [5.74, 6) is -0.456. The van der Waals surface area contributed by atoms with E-state index in [1.165, 1.54) is 16.7 Å². The first kappa shape index (κ1) is 20.2. The number of nitrogens with zero attached hydrogens (tertiary/aromatic N) is 2. The first-order chi connectivity index (χ1) is 12.8. The van der Waals surface area contributed by atoms with Gasteiger partial charge in [-0.1, -0.05) is 50.9 Å². The van der Waals surface area contributed by atoms with Gasteiger partial charge in [0.1, 0.15) is 5.25 Å². The van der Waals surface area contributed by atoms with E-state index in [2.05, 4.69) is 26.2 Å². The van der Waals surface area contributed by atoms with Crippen LogP contribution in [0.15, 0.2) is 51.9 Å². The third-order valence-corrected chi connectivity index (χ3v) is 6.31. The Balaban J connectivity index is 1.77. The maximum atomic E-state index is 12.6. The van der Waals surface area contributed by atoms with Gasteiger partial charge in [-0.2, -0.15) is 0 Å². The molecule has 1 unspecified atom stereocenters. The minimum absolute atomic E-state index is 0.0910. The summed E-state index contributed by atoms with van der Waals surface area (Å²) < 4.78 is 0.936. The Morgan fingerprint density at radius 3 is 2.59 bits per heavy atom. The summed E-state index contributed by atoms with van der Waals surface area (Å²) in [7, 11) is 1.65. The minimum atomic E-state index is -0.586. The molecule has 1 fully saturated rings. The number of aliphatic imine (C=N–C) groups is 1. The van der Waals surface area contributed by atoms with Crippen molar-refractivity contribution in [2.75, 3.05) is 12.4 Å². The van der Waals surface area contributed by atoms with E-state index in [0.29, 0.717) is 26.6 Å². The molecule has 0 spiro atoms. The zero-order chi connectivity index (χ0) is 19.6. The lowest BCUT2D eigenvalue weighted by Gasteiger charge is -2.28. The number of hydrogen-bond acceptors (Lipinski definition) is 4. The van der Waals surface area contributed by atoms with Gasteiger partial charge in [-0.3, -0.25) is 14.5 Å². The van der Waals surface area contributed by atoms with E-state index in [1.54, 1.807) is 25.2 Å². The van der Waals surface area contributed by atoms with Crippen LogP contribution in [-0.4, -0.2) is 34.2 Å². The predicted molar refractivity (Wildman–Crippen MR) is 115 cm³/mol. The smallest absolute Gasteiger partial charge is 0.238 e. The van der Waals surface area contributed by atoms with Crippen molar-refractivity contribution in [1.29, 1.82) is 0 Å². The molecule has 0 aromatic heterocycles. The number of nitrogens with one attached hydrogen (secondary N) is 1. The first-order valence-corrected chi connectivity index (χ1v) is 10.3. The molecule has 2 amide bonds. The molecule has 0 saturated carbocycles. The highest BCUT2D eigenvalue weighted by atomic mass is 79.9. The Kier molecular flexibility index (Phi) is 6.47. The highest BCUT2D eigenvalue weighted by Crippen LogP contribution is 2.30. The Bertz CT molecular complexity index is 921. The number of carbonyl (C=O) groups excluding carboxylic acids is 2. The molecule has 1 aliphatic heterocycles. The van der Waals surface area contributed by atoms with Gasteiger partial charge in [-0.25, -0.2) is 4.99 Å². The second kappa shape index (κ2) is 8.65. The fourth-order valence-electron chi connectivity index (χ4n) is 2.32. The van der Waals surface area contributed by atoms with Gasteiger partial charge in [0.25, 0.3) is 0 Å². The van der Waals surface area contributed by atoms with E-state index in [4.69, 9.17) is 23.2 Å². The number of amidine groups is 1. The van der Waals surface area contributed by atoms with E-state index in [9.17, 15) is 9.59 Å². The molecule has 2 aromatic rings. The van der Waals surface area contributed by atoms with Crippen LogP contribution in [-0.2, 0) is 9.59 Å². The standard InChI is InChI=1S/C18H14BrCl2N3O2S/c1-24-16(25)9-15(17(26)22-12-6-7-13(20)14(21)8-12)27-18(24)23-11-4-2-10(19)3-5-11/h2-8,15H,9H2,1H3,(H,22,26). The number of halogens is 3. The highest BCUT2D eigenvalue weighted by molar-refractivity contribution is 9.10. The van der Waals surface area contributed by atoms with Gasteiger partial charge in [0.15, 0.2) is 5.17 Å². The van der Waals surface area contributed by atoms with Crippen molar-refractivity contribution in [2.45, 2.75) is 11.7 Å². The number of carbonyl (C=O) groups is 2. The monoisotopic (exact) mass is 485 g/mol. The molecular formula is C18H14BrCl2N3O2S. The normalized spacial score (nSPS) is 18.7. The molecule has 0 radical (unpaired) electrons. The topological polar surface area (TPSA) is 61.8 Å². The van der Waals surface area contributed by atoms with Crippen molar-refractivity contribution in [3.05, 3.63) is 57.0 Å². The fourth-order valence-corrected chi connectivity index (χ4v) is 3.95. The lowest BCUT2D eigenvalue weighted by Crippen LogP contribution is -2.43. The van der Waals surface area contributed by atoms with E-state index in [-0.39, 0.29) is 18.2 Å². The third kappa shape index (κ3) is 5.04. The second-order valence-corrected chi connectivity index (χ2v) is 8.65. The molecule has 2 aromatic carbocycles. The van der Waals surface area contributed by atoms with Crippen molar-refractivity contribution < 1.29 is 9.59 Å². The zero-order valence-electron chi connectivity index (χ0n) is 14.1. The molecule has 9 heteroatoms. The van der Waals surface area contributed by atoms with E-state index < -0.39 is 5.25 Å². The minimum Gasteiger partial charge on any atom is -0.325 e. The van der Waals surface area contributed by atoms with Crippen LogP contribution in [0.1, 0.15) is 6.42 Å². The Morgan fingerprint density at radius 1 is 1.22 bits per heavy atom. The molecule has 3 rings (SSSR count). The van der Waals surface area contributed by atoms with Gasteiger partial charge in [-0.15, -0.1) is 0 Å².